The number of carboxylic acids is 1. The van der Waals surface area contributed by atoms with Crippen LogP contribution in [0.25, 0.3) is 0 Å². The van der Waals surface area contributed by atoms with Crippen molar-refractivity contribution in [3.8, 4) is 0 Å². The van der Waals surface area contributed by atoms with Gasteiger partial charge >= 0.3 is 18.2 Å². The van der Waals surface area contributed by atoms with Crippen LogP contribution < -0.4 is 16.0 Å². The molecule has 5 atom stereocenters. The van der Waals surface area contributed by atoms with E-state index in [1.807, 2.05) is 12.2 Å². The molecule has 2 fully saturated rings. The molecule has 0 bridgehead atoms. The first-order valence-corrected chi connectivity index (χ1v) is 17.2. The topological polar surface area (TPSA) is 197 Å². The lowest BCUT2D eigenvalue weighted by Gasteiger charge is -2.30. The number of rotatable bonds is 4. The number of allylic oxidation sites excluding steroid dienone is 1. The number of fused-ring (bicyclic) bond motifs is 3. The zero-order chi connectivity index (χ0) is 34.8. The van der Waals surface area contributed by atoms with Crippen molar-refractivity contribution in [3.05, 3.63) is 22.7 Å². The van der Waals surface area contributed by atoms with Gasteiger partial charge in [0.2, 0.25) is 17.7 Å². The number of nitrogens with zero attached hydrogens (tertiary/aromatic N) is 3. The van der Waals surface area contributed by atoms with Gasteiger partial charge in [0.25, 0.3) is 0 Å². The number of carbonyl (C=O) groups is 6. The van der Waals surface area contributed by atoms with Gasteiger partial charge in [-0.15, -0.1) is 0 Å². The molecule has 48 heavy (non-hydrogen) atoms. The summed E-state index contributed by atoms with van der Waals surface area (Å²) < 4.78 is 11.3. The predicted molar refractivity (Wildman–Crippen MR) is 173 cm³/mol. The van der Waals surface area contributed by atoms with Crippen molar-refractivity contribution in [2.24, 2.45) is 5.92 Å². The van der Waals surface area contributed by atoms with Crippen molar-refractivity contribution < 1.29 is 43.3 Å². The Balaban J connectivity index is 1.35. The molecule has 0 unspecified atom stereocenters. The number of nitrogens with one attached hydrogen (secondary N) is 3. The lowest BCUT2D eigenvalue weighted by Crippen LogP contribution is -2.56. The van der Waals surface area contributed by atoms with Gasteiger partial charge in [0.05, 0.1) is 18.8 Å². The van der Waals surface area contributed by atoms with E-state index in [2.05, 4.69) is 20.9 Å². The van der Waals surface area contributed by atoms with Gasteiger partial charge in [-0.3, -0.25) is 14.4 Å². The number of aromatic nitrogens is 1. The smallest absolute Gasteiger partial charge is 0.410 e. The lowest BCUT2D eigenvalue weighted by molar-refractivity contribution is -0.145. The molecule has 1 aromatic heterocycles. The second-order valence-electron chi connectivity index (χ2n) is 13.8. The number of carbonyl (C=O) groups excluding carboxylic acids is 5. The fourth-order valence-corrected chi connectivity index (χ4v) is 7.44. The van der Waals surface area contributed by atoms with E-state index >= 15 is 0 Å². The van der Waals surface area contributed by atoms with E-state index in [4.69, 9.17) is 9.47 Å². The normalized spacial score (nSPS) is 28.3. The zero-order valence-electron chi connectivity index (χ0n) is 27.7. The third-order valence-electron chi connectivity index (χ3n) is 8.85. The van der Waals surface area contributed by atoms with Crippen LogP contribution in [0.1, 0.15) is 83.2 Å². The van der Waals surface area contributed by atoms with Crippen LogP contribution >= 0.6 is 11.3 Å². The molecule has 1 saturated carbocycles. The highest BCUT2D eigenvalue weighted by Gasteiger charge is 2.61. The molecule has 0 aromatic carbocycles. The Bertz CT molecular complexity index is 1490. The van der Waals surface area contributed by atoms with Crippen molar-refractivity contribution in [2.75, 3.05) is 18.4 Å². The second kappa shape index (κ2) is 14.1. The number of alkyl carbamates (subject to hydrolysis) is 1. The highest BCUT2D eigenvalue weighted by Crippen LogP contribution is 2.45. The Morgan fingerprint density at radius 2 is 1.94 bits per heavy atom. The summed E-state index contributed by atoms with van der Waals surface area (Å²) in [5.74, 6) is -2.99. The van der Waals surface area contributed by atoms with Crippen LogP contribution in [0.3, 0.4) is 0 Å². The molecular formula is C32H44N6O9S. The summed E-state index contributed by atoms with van der Waals surface area (Å²) in [4.78, 5) is 85.9. The molecule has 1 aliphatic carbocycles. The standard InChI is InChI=1S/C32H44N6O9S/c1-18(39)33-28-34-21-12-13-37(17-24(21)48-28)30(45)46-20-14-23-25(40)36-32(27(42)43)15-19(32)10-8-6-5-7-9-11-22(26(41)38(23)16-20)35-29(44)47-31(2,3)4/h8,10,19-20,22-23H,5-7,9,11-17H2,1-4H3,(H,35,44)(H,36,40)(H,42,43)(H,33,34,39)/b10-8-/t19-,20+,22-,23-,32+/m0/s1. The molecule has 0 spiro atoms. The molecule has 0 radical (unpaired) electrons. The molecule has 4 aliphatic rings. The summed E-state index contributed by atoms with van der Waals surface area (Å²) >= 11 is 1.28. The van der Waals surface area contributed by atoms with Crippen LogP contribution in [0.5, 0.6) is 0 Å². The predicted octanol–water partition coefficient (Wildman–Crippen LogP) is 2.94. The van der Waals surface area contributed by atoms with Crippen molar-refractivity contribution >= 4 is 52.3 Å². The summed E-state index contributed by atoms with van der Waals surface area (Å²) in [6.45, 7) is 6.95. The quantitative estimate of drug-likeness (QED) is 0.342. The fraction of sp³-hybridized carbons (Fsp3) is 0.656. The molecule has 4 heterocycles. The maximum Gasteiger partial charge on any atom is 0.410 e. The van der Waals surface area contributed by atoms with Crippen LogP contribution in [0.15, 0.2) is 12.2 Å². The number of hydrogen-bond acceptors (Lipinski definition) is 10. The average molecular weight is 689 g/mol. The zero-order valence-corrected chi connectivity index (χ0v) is 28.5. The van der Waals surface area contributed by atoms with Crippen molar-refractivity contribution in [2.45, 2.75) is 115 Å². The van der Waals surface area contributed by atoms with E-state index in [0.717, 1.165) is 29.8 Å². The Labute approximate surface area is 282 Å². The Morgan fingerprint density at radius 3 is 2.65 bits per heavy atom. The SMILES string of the molecule is CC(=O)Nc1nc2c(s1)CN(C(=O)O[C@@H]1C[C@H]3C(=O)N[C@]4(C(=O)O)C[C@@H]4/C=C\CCCCC[C@H](NC(=O)OC(C)(C)C)C(=O)N3C1)CC2. The molecule has 16 heteroatoms. The molecule has 5 amide bonds. The molecular weight excluding hydrogens is 644 g/mol. The second-order valence-corrected chi connectivity index (χ2v) is 14.9. The van der Waals surface area contributed by atoms with Gasteiger partial charge in [-0.2, -0.15) is 0 Å². The Morgan fingerprint density at radius 1 is 1.17 bits per heavy atom. The molecule has 1 saturated heterocycles. The van der Waals surface area contributed by atoms with Gasteiger partial charge < -0.3 is 40.3 Å². The summed E-state index contributed by atoms with van der Waals surface area (Å²) in [5, 5.41) is 18.6. The lowest BCUT2D eigenvalue weighted by atomic mass is 10.0. The average Bonchev–Trinajstić information content (AvgIpc) is 3.30. The largest absolute Gasteiger partial charge is 0.479 e. The van der Waals surface area contributed by atoms with E-state index in [0.29, 0.717) is 30.9 Å². The van der Waals surface area contributed by atoms with Crippen LogP contribution in [-0.4, -0.2) is 98.2 Å². The maximum atomic E-state index is 14.1. The van der Waals surface area contributed by atoms with Crippen molar-refractivity contribution in [3.63, 3.8) is 0 Å². The first kappa shape index (κ1) is 35.1. The minimum atomic E-state index is -1.48. The fourth-order valence-electron chi connectivity index (χ4n) is 6.37. The van der Waals surface area contributed by atoms with Gasteiger partial charge in [0.15, 0.2) is 5.13 Å². The van der Waals surface area contributed by atoms with Gasteiger partial charge in [-0.05, 0) is 46.5 Å². The number of anilines is 1. The van der Waals surface area contributed by atoms with E-state index in [-0.39, 0.29) is 37.8 Å². The van der Waals surface area contributed by atoms with Crippen LogP contribution in [0.2, 0.25) is 0 Å². The monoisotopic (exact) mass is 688 g/mol. The van der Waals surface area contributed by atoms with E-state index in [1.165, 1.54) is 28.1 Å². The first-order valence-electron chi connectivity index (χ1n) is 16.4. The van der Waals surface area contributed by atoms with Gasteiger partial charge in [-0.25, -0.2) is 19.4 Å². The van der Waals surface area contributed by atoms with Gasteiger partial charge in [0.1, 0.15) is 29.3 Å². The Hall–Kier alpha value is -4.21. The molecule has 4 N–H and O–H groups in total. The van der Waals surface area contributed by atoms with Gasteiger partial charge in [0, 0.05) is 37.1 Å². The summed E-state index contributed by atoms with van der Waals surface area (Å²) in [6.07, 6.45) is 5.33. The van der Waals surface area contributed by atoms with E-state index in [1.54, 1.807) is 20.8 Å². The number of ether oxygens (including phenoxy) is 2. The summed E-state index contributed by atoms with van der Waals surface area (Å²) in [5.41, 5.74) is -1.49. The van der Waals surface area contributed by atoms with E-state index in [9.17, 15) is 33.9 Å². The number of thiazole rings is 1. The maximum absolute atomic E-state index is 14.1. The molecule has 3 aliphatic heterocycles. The minimum absolute atomic E-state index is 0.0506. The number of aliphatic carboxylic acids is 1. The molecule has 1 aromatic rings. The highest BCUT2D eigenvalue weighted by molar-refractivity contribution is 7.15. The molecule has 15 nitrogen and oxygen atoms in total. The van der Waals surface area contributed by atoms with Gasteiger partial charge in [-0.1, -0.05) is 36.3 Å². The third-order valence-corrected chi connectivity index (χ3v) is 9.85. The third kappa shape index (κ3) is 8.25. The van der Waals surface area contributed by atoms with Crippen LogP contribution in [-0.2, 0) is 41.6 Å². The first-order chi connectivity index (χ1) is 22.6. The summed E-state index contributed by atoms with van der Waals surface area (Å²) in [7, 11) is 0. The van der Waals surface area contributed by atoms with Crippen molar-refractivity contribution in [1.29, 1.82) is 0 Å². The number of hydrogen-bond donors (Lipinski definition) is 4. The number of amides is 5. The van der Waals surface area contributed by atoms with Crippen molar-refractivity contribution in [1.82, 2.24) is 25.4 Å². The van der Waals surface area contributed by atoms with Crippen LogP contribution in [0, 0.1) is 5.92 Å². The minimum Gasteiger partial charge on any atom is -0.479 e. The highest BCUT2D eigenvalue weighted by atomic mass is 32.1. The van der Waals surface area contributed by atoms with Crippen LogP contribution in [0.4, 0.5) is 14.7 Å². The Kier molecular flexibility index (Phi) is 10.3. The number of carboxylic acid groups (broad SMARTS) is 1. The van der Waals surface area contributed by atoms with E-state index < -0.39 is 59.3 Å². The molecule has 262 valence electrons. The molecule has 5 rings (SSSR count). The summed E-state index contributed by atoms with van der Waals surface area (Å²) in [6, 6.07) is -2.16.